The Bertz CT molecular complexity index is 1230. The van der Waals surface area contributed by atoms with Crippen molar-refractivity contribution >= 4 is 0 Å². The summed E-state index contributed by atoms with van der Waals surface area (Å²) >= 11 is -0.836. The van der Waals surface area contributed by atoms with Crippen LogP contribution in [0.4, 0.5) is 0 Å². The number of halogens is 2. The van der Waals surface area contributed by atoms with Crippen molar-refractivity contribution in [3.63, 3.8) is 0 Å². The van der Waals surface area contributed by atoms with Gasteiger partial charge in [-0.05, 0) is 0 Å². The maximum absolute atomic E-state index is 2.63. The van der Waals surface area contributed by atoms with Crippen LogP contribution in [0.2, 0.25) is 0 Å². The van der Waals surface area contributed by atoms with E-state index < -0.39 is 23.2 Å². The largest absolute Gasteiger partial charge is 1.00 e. The summed E-state index contributed by atoms with van der Waals surface area (Å²) in [6.07, 6.45) is 15.6. The molecule has 3 heteroatoms. The SMILES string of the molecule is CC(C)(C)c1ccc2c(c1)-c1cc(C(C)(C)C)ccc1[CH]2[Zr+2][C]1=C(C23CC4CC(CC(C4)C2)C3)C=CC1.[Cl-].[Cl-]. The number of allylic oxidation sites excluding steroid dienone is 4. The Kier molecular flexibility index (Phi) is 7.87. The van der Waals surface area contributed by atoms with E-state index in [1.165, 1.54) is 36.8 Å². The number of rotatable bonds is 3. The summed E-state index contributed by atoms with van der Waals surface area (Å²) in [7, 11) is 0. The van der Waals surface area contributed by atoms with E-state index in [-0.39, 0.29) is 35.6 Å². The van der Waals surface area contributed by atoms with E-state index >= 15 is 0 Å². The van der Waals surface area contributed by atoms with E-state index in [1.54, 1.807) is 41.5 Å². The molecule has 0 atom stereocenters. The summed E-state index contributed by atoms with van der Waals surface area (Å²) in [6.45, 7) is 14.1. The van der Waals surface area contributed by atoms with Crippen molar-refractivity contribution in [3.8, 4) is 11.1 Å². The molecule has 4 fully saturated rings. The molecular formula is C36H44Cl2Zr. The van der Waals surface area contributed by atoms with Crippen LogP contribution in [0.25, 0.3) is 11.1 Å². The standard InChI is InChI=1S/C21H25.C15H19.2ClH.Zr/c1-20(2,3)16-9-7-14-11-15-8-10-17(21(4,5)6)13-19(15)18(14)12-16;1-2-4-14(3-1)15-8-11-5-12(9-15)7-13(6-11)10-15;;;/h7-13H,1-6H3;1,3,11-13H,2,5-10H2;2*1H;/q;;;;+2/p-2. The van der Waals surface area contributed by atoms with Gasteiger partial charge in [0.25, 0.3) is 0 Å². The van der Waals surface area contributed by atoms with E-state index in [9.17, 15) is 0 Å². The van der Waals surface area contributed by atoms with Crippen LogP contribution in [-0.4, -0.2) is 0 Å². The molecule has 0 unspecified atom stereocenters. The molecule has 0 saturated heterocycles. The zero-order valence-electron chi connectivity index (χ0n) is 24.6. The minimum Gasteiger partial charge on any atom is -1.00 e. The molecule has 0 spiro atoms. The molecular weight excluding hydrogens is 595 g/mol. The Hall–Kier alpha value is -0.617. The molecule has 0 nitrogen and oxygen atoms in total. The van der Waals surface area contributed by atoms with Crippen molar-refractivity contribution in [1.82, 2.24) is 0 Å². The van der Waals surface area contributed by atoms with Gasteiger partial charge in [0, 0.05) is 0 Å². The number of hydrogen-bond acceptors (Lipinski definition) is 0. The fourth-order valence-corrected chi connectivity index (χ4v) is 13.8. The predicted octanol–water partition coefficient (Wildman–Crippen LogP) is 3.87. The summed E-state index contributed by atoms with van der Waals surface area (Å²) in [4.78, 5) is 0. The molecule has 39 heavy (non-hydrogen) atoms. The Morgan fingerprint density at radius 2 is 1.15 bits per heavy atom. The topological polar surface area (TPSA) is 0 Å². The van der Waals surface area contributed by atoms with Gasteiger partial charge in [-0.25, -0.2) is 0 Å². The molecule has 0 amide bonds. The van der Waals surface area contributed by atoms with Gasteiger partial charge in [0.05, 0.1) is 0 Å². The van der Waals surface area contributed by atoms with Crippen LogP contribution in [0.15, 0.2) is 57.4 Å². The van der Waals surface area contributed by atoms with Crippen molar-refractivity contribution in [2.75, 3.05) is 0 Å². The van der Waals surface area contributed by atoms with Crippen LogP contribution in [0, 0.1) is 23.2 Å². The fraction of sp³-hybridized carbons (Fsp3) is 0.556. The quantitative estimate of drug-likeness (QED) is 0.479. The number of hydrogen-bond donors (Lipinski definition) is 0. The minimum absolute atomic E-state index is 0. The van der Waals surface area contributed by atoms with Crippen molar-refractivity contribution in [3.05, 3.63) is 79.7 Å². The second-order valence-corrected chi connectivity index (χ2v) is 19.0. The molecule has 2 aromatic rings. The molecule has 4 bridgehead atoms. The van der Waals surface area contributed by atoms with Gasteiger partial charge < -0.3 is 24.8 Å². The summed E-state index contributed by atoms with van der Waals surface area (Å²) in [6, 6.07) is 15.1. The van der Waals surface area contributed by atoms with Gasteiger partial charge in [-0.2, -0.15) is 0 Å². The van der Waals surface area contributed by atoms with Gasteiger partial charge in [-0.1, -0.05) is 0 Å². The number of fused-ring (bicyclic) bond motifs is 3. The molecule has 0 radical (unpaired) electrons. The molecule has 0 aliphatic heterocycles. The van der Waals surface area contributed by atoms with Gasteiger partial charge >= 0.3 is 238 Å². The van der Waals surface area contributed by atoms with Gasteiger partial charge in [0.15, 0.2) is 0 Å². The first-order valence-electron chi connectivity index (χ1n) is 15.0. The van der Waals surface area contributed by atoms with Crippen molar-refractivity contribution in [2.24, 2.45) is 23.2 Å². The second-order valence-electron chi connectivity index (χ2n) is 15.4. The molecule has 206 valence electrons. The average Bonchev–Trinajstić information content (AvgIpc) is 3.40. The third-order valence-corrected chi connectivity index (χ3v) is 14.9. The molecule has 2 aromatic carbocycles. The Balaban J connectivity index is 0.00000154. The average molecular weight is 639 g/mol. The number of benzene rings is 2. The molecule has 0 aromatic heterocycles. The first kappa shape index (κ1) is 29.9. The predicted molar refractivity (Wildman–Crippen MR) is 153 cm³/mol. The summed E-state index contributed by atoms with van der Waals surface area (Å²) < 4.78 is 2.60. The monoisotopic (exact) mass is 636 g/mol. The molecule has 0 N–H and O–H groups in total. The fourth-order valence-electron chi connectivity index (χ4n) is 9.09. The smallest absolute Gasteiger partial charge is 1.00 e. The van der Waals surface area contributed by atoms with Crippen LogP contribution in [0.3, 0.4) is 0 Å². The molecule has 8 rings (SSSR count). The van der Waals surface area contributed by atoms with Crippen LogP contribution < -0.4 is 24.8 Å². The van der Waals surface area contributed by atoms with Crippen LogP contribution in [0.5, 0.6) is 0 Å². The van der Waals surface area contributed by atoms with E-state index in [0.717, 1.165) is 17.8 Å². The molecule has 0 heterocycles. The zero-order chi connectivity index (χ0) is 25.7. The first-order valence-corrected chi connectivity index (χ1v) is 17.6. The maximum atomic E-state index is 2.63. The Morgan fingerprint density at radius 3 is 1.59 bits per heavy atom. The first-order chi connectivity index (χ1) is 17.5. The normalized spacial score (nSPS) is 28.6. The summed E-state index contributed by atoms with van der Waals surface area (Å²) in [5, 5.41) is 0. The minimum atomic E-state index is -0.836. The summed E-state index contributed by atoms with van der Waals surface area (Å²) in [5.41, 5.74) is 12.1. The zero-order valence-corrected chi connectivity index (χ0v) is 28.6. The third kappa shape index (κ3) is 5.04. The second kappa shape index (κ2) is 10.3. The van der Waals surface area contributed by atoms with Crippen LogP contribution in [-0.2, 0) is 34.1 Å². The van der Waals surface area contributed by atoms with Crippen molar-refractivity contribution < 1.29 is 48.0 Å². The summed E-state index contributed by atoms with van der Waals surface area (Å²) in [5.74, 6) is 3.08. The Morgan fingerprint density at radius 1 is 0.692 bits per heavy atom. The van der Waals surface area contributed by atoms with E-state index in [4.69, 9.17) is 0 Å². The van der Waals surface area contributed by atoms with Gasteiger partial charge in [0.1, 0.15) is 0 Å². The van der Waals surface area contributed by atoms with E-state index in [2.05, 4.69) is 90.1 Å². The van der Waals surface area contributed by atoms with Crippen molar-refractivity contribution in [2.45, 2.75) is 101 Å². The van der Waals surface area contributed by atoms with E-state index in [1.807, 2.05) is 8.85 Å². The van der Waals surface area contributed by atoms with Crippen LogP contribution in [0.1, 0.15) is 112 Å². The molecule has 6 aliphatic carbocycles. The van der Waals surface area contributed by atoms with Crippen LogP contribution >= 0.6 is 0 Å². The van der Waals surface area contributed by atoms with E-state index in [0.29, 0.717) is 9.04 Å². The Labute approximate surface area is 261 Å². The maximum Gasteiger partial charge on any atom is -1.00 e. The van der Waals surface area contributed by atoms with Gasteiger partial charge in [0.2, 0.25) is 0 Å². The van der Waals surface area contributed by atoms with Gasteiger partial charge in [-0.3, -0.25) is 0 Å². The molecule has 6 aliphatic rings. The molecule has 4 saturated carbocycles. The van der Waals surface area contributed by atoms with Gasteiger partial charge in [-0.15, -0.1) is 0 Å². The van der Waals surface area contributed by atoms with Crippen molar-refractivity contribution in [1.29, 1.82) is 0 Å². The third-order valence-electron chi connectivity index (χ3n) is 10.6.